The molecule has 1 amide bonds. The molecule has 1 rings (SSSR count). The molecule has 3 N–H and O–H groups in total. The van der Waals surface area contributed by atoms with Crippen LogP contribution in [-0.4, -0.2) is 35.2 Å². The van der Waals surface area contributed by atoms with Crippen molar-refractivity contribution in [3.8, 4) is 0 Å². The molecule has 0 aromatic rings. The van der Waals surface area contributed by atoms with E-state index in [0.29, 0.717) is 19.4 Å². The van der Waals surface area contributed by atoms with Gasteiger partial charge in [0.15, 0.2) is 0 Å². The van der Waals surface area contributed by atoms with E-state index in [0.717, 1.165) is 32.1 Å². The average Bonchev–Trinajstić information content (AvgIpc) is 2.82. The summed E-state index contributed by atoms with van der Waals surface area (Å²) in [4.78, 5) is 22.8. The van der Waals surface area contributed by atoms with Crippen molar-refractivity contribution in [2.45, 2.75) is 44.9 Å². The SMILES string of the molecule is O=C(O)C1CCCC1C(=O)NCCCCCCO. The molecule has 0 aromatic heterocycles. The van der Waals surface area contributed by atoms with Crippen LogP contribution in [0.15, 0.2) is 0 Å². The maximum atomic E-state index is 11.8. The number of aliphatic carboxylic acids is 1. The Balaban J connectivity index is 2.18. The minimum Gasteiger partial charge on any atom is -0.481 e. The first-order chi connectivity index (χ1) is 8.66. The summed E-state index contributed by atoms with van der Waals surface area (Å²) in [5.41, 5.74) is 0. The lowest BCUT2D eigenvalue weighted by molar-refractivity contribution is -0.146. The predicted octanol–water partition coefficient (Wildman–Crippen LogP) is 1.16. The van der Waals surface area contributed by atoms with Crippen LogP contribution in [0.5, 0.6) is 0 Å². The van der Waals surface area contributed by atoms with Crippen molar-refractivity contribution in [1.29, 1.82) is 0 Å². The predicted molar refractivity (Wildman–Crippen MR) is 67.0 cm³/mol. The number of carbonyl (C=O) groups excluding carboxylic acids is 1. The Labute approximate surface area is 108 Å². The molecular weight excluding hydrogens is 234 g/mol. The van der Waals surface area contributed by atoms with Gasteiger partial charge < -0.3 is 15.5 Å². The molecule has 2 unspecified atom stereocenters. The lowest BCUT2D eigenvalue weighted by Gasteiger charge is -2.15. The molecule has 0 heterocycles. The van der Waals surface area contributed by atoms with Crippen LogP contribution >= 0.6 is 0 Å². The quantitative estimate of drug-likeness (QED) is 0.569. The van der Waals surface area contributed by atoms with Crippen molar-refractivity contribution in [2.75, 3.05) is 13.2 Å². The largest absolute Gasteiger partial charge is 0.481 e. The number of nitrogens with one attached hydrogen (secondary N) is 1. The minimum absolute atomic E-state index is 0.109. The molecule has 0 aliphatic heterocycles. The van der Waals surface area contributed by atoms with Crippen molar-refractivity contribution >= 4 is 11.9 Å². The van der Waals surface area contributed by atoms with Crippen LogP contribution in [0.3, 0.4) is 0 Å². The summed E-state index contributed by atoms with van der Waals surface area (Å²) in [5.74, 6) is -1.81. The van der Waals surface area contributed by atoms with Crippen molar-refractivity contribution in [3.05, 3.63) is 0 Å². The molecule has 0 spiro atoms. The lowest BCUT2D eigenvalue weighted by atomic mass is 9.95. The smallest absolute Gasteiger partial charge is 0.307 e. The Morgan fingerprint density at radius 3 is 2.39 bits per heavy atom. The van der Waals surface area contributed by atoms with Crippen LogP contribution in [0.2, 0.25) is 0 Å². The highest BCUT2D eigenvalue weighted by Gasteiger charge is 2.37. The highest BCUT2D eigenvalue weighted by atomic mass is 16.4. The molecule has 1 saturated carbocycles. The number of carbonyl (C=O) groups is 2. The maximum Gasteiger partial charge on any atom is 0.307 e. The van der Waals surface area contributed by atoms with E-state index >= 15 is 0 Å². The fourth-order valence-electron chi connectivity index (χ4n) is 2.50. The maximum absolute atomic E-state index is 11.8. The van der Waals surface area contributed by atoms with Gasteiger partial charge in [-0.15, -0.1) is 0 Å². The third-order valence-electron chi connectivity index (χ3n) is 3.55. The number of unbranched alkanes of at least 4 members (excludes halogenated alkanes) is 3. The number of rotatable bonds is 8. The summed E-state index contributed by atoms with van der Waals surface area (Å²) in [5, 5.41) is 20.4. The number of hydrogen-bond acceptors (Lipinski definition) is 3. The van der Waals surface area contributed by atoms with Gasteiger partial charge >= 0.3 is 5.97 Å². The third-order valence-corrected chi connectivity index (χ3v) is 3.55. The second-order valence-corrected chi connectivity index (χ2v) is 4.91. The second kappa shape index (κ2) is 8.08. The standard InChI is InChI=1S/C13H23NO4/c15-9-4-2-1-3-8-14-12(16)10-6-5-7-11(10)13(17)18/h10-11,15H,1-9H2,(H,14,16)(H,17,18). The van der Waals surface area contributed by atoms with Crippen LogP contribution in [-0.2, 0) is 9.59 Å². The Morgan fingerprint density at radius 2 is 1.72 bits per heavy atom. The first kappa shape index (κ1) is 15.0. The molecule has 18 heavy (non-hydrogen) atoms. The molecule has 5 nitrogen and oxygen atoms in total. The molecule has 1 aliphatic rings. The van der Waals surface area contributed by atoms with Gasteiger partial charge in [0, 0.05) is 13.2 Å². The van der Waals surface area contributed by atoms with E-state index in [1.807, 2.05) is 0 Å². The summed E-state index contributed by atoms with van der Waals surface area (Å²) < 4.78 is 0. The topological polar surface area (TPSA) is 86.6 Å². The van der Waals surface area contributed by atoms with E-state index in [1.54, 1.807) is 0 Å². The Bertz CT molecular complexity index is 280. The summed E-state index contributed by atoms with van der Waals surface area (Å²) in [7, 11) is 0. The van der Waals surface area contributed by atoms with Gasteiger partial charge in [-0.05, 0) is 25.7 Å². The highest BCUT2D eigenvalue weighted by molar-refractivity contribution is 5.85. The van der Waals surface area contributed by atoms with E-state index in [9.17, 15) is 9.59 Å². The van der Waals surface area contributed by atoms with Crippen molar-refractivity contribution < 1.29 is 19.8 Å². The Kier molecular flexibility index (Phi) is 6.72. The Morgan fingerprint density at radius 1 is 1.06 bits per heavy atom. The van der Waals surface area contributed by atoms with E-state index in [2.05, 4.69) is 5.32 Å². The van der Waals surface area contributed by atoms with Crippen LogP contribution in [0.4, 0.5) is 0 Å². The van der Waals surface area contributed by atoms with Gasteiger partial charge in [0.1, 0.15) is 0 Å². The summed E-state index contributed by atoms with van der Waals surface area (Å²) in [6.45, 7) is 0.821. The zero-order valence-corrected chi connectivity index (χ0v) is 10.7. The van der Waals surface area contributed by atoms with Gasteiger partial charge in [-0.2, -0.15) is 0 Å². The number of carboxylic acids is 1. The molecule has 5 heteroatoms. The zero-order valence-electron chi connectivity index (χ0n) is 10.7. The molecule has 0 radical (unpaired) electrons. The number of amides is 1. The first-order valence-corrected chi connectivity index (χ1v) is 6.78. The first-order valence-electron chi connectivity index (χ1n) is 6.78. The minimum atomic E-state index is -0.851. The molecular formula is C13H23NO4. The summed E-state index contributed by atoms with van der Waals surface area (Å²) >= 11 is 0. The van der Waals surface area contributed by atoms with Gasteiger partial charge in [-0.3, -0.25) is 9.59 Å². The van der Waals surface area contributed by atoms with E-state index in [1.165, 1.54) is 0 Å². The monoisotopic (exact) mass is 257 g/mol. The molecule has 0 saturated heterocycles. The number of hydrogen-bond donors (Lipinski definition) is 3. The van der Waals surface area contributed by atoms with E-state index < -0.39 is 11.9 Å². The van der Waals surface area contributed by atoms with Gasteiger partial charge in [-0.1, -0.05) is 19.3 Å². The highest BCUT2D eigenvalue weighted by Crippen LogP contribution is 2.31. The van der Waals surface area contributed by atoms with Crippen molar-refractivity contribution in [1.82, 2.24) is 5.32 Å². The summed E-state index contributed by atoms with van der Waals surface area (Å²) in [6, 6.07) is 0. The third kappa shape index (κ3) is 4.64. The van der Waals surface area contributed by atoms with Gasteiger partial charge in [-0.25, -0.2) is 0 Å². The van der Waals surface area contributed by atoms with Crippen molar-refractivity contribution in [2.24, 2.45) is 11.8 Å². The fraction of sp³-hybridized carbons (Fsp3) is 0.846. The number of carboxylic acid groups (broad SMARTS) is 1. The van der Waals surface area contributed by atoms with Crippen LogP contribution in [0, 0.1) is 11.8 Å². The molecule has 0 aromatic carbocycles. The normalized spacial score (nSPS) is 22.9. The molecule has 104 valence electrons. The molecule has 1 fully saturated rings. The number of aliphatic hydroxyl groups is 1. The molecule has 2 atom stereocenters. The van der Waals surface area contributed by atoms with E-state index in [4.69, 9.17) is 10.2 Å². The van der Waals surface area contributed by atoms with Crippen LogP contribution < -0.4 is 5.32 Å². The van der Waals surface area contributed by atoms with Gasteiger partial charge in [0.25, 0.3) is 0 Å². The van der Waals surface area contributed by atoms with Crippen molar-refractivity contribution in [3.63, 3.8) is 0 Å². The van der Waals surface area contributed by atoms with Gasteiger partial charge in [0.05, 0.1) is 11.8 Å². The lowest BCUT2D eigenvalue weighted by Crippen LogP contribution is -2.35. The fourth-order valence-corrected chi connectivity index (χ4v) is 2.50. The van der Waals surface area contributed by atoms with E-state index in [-0.39, 0.29) is 18.4 Å². The number of aliphatic hydroxyl groups excluding tert-OH is 1. The Hall–Kier alpha value is -1.10. The molecule has 1 aliphatic carbocycles. The van der Waals surface area contributed by atoms with Crippen LogP contribution in [0.25, 0.3) is 0 Å². The van der Waals surface area contributed by atoms with Crippen LogP contribution in [0.1, 0.15) is 44.9 Å². The second-order valence-electron chi connectivity index (χ2n) is 4.91. The summed E-state index contributed by atoms with van der Waals surface area (Å²) in [6.07, 6.45) is 5.76. The zero-order chi connectivity index (χ0) is 13.4. The molecule has 0 bridgehead atoms. The average molecular weight is 257 g/mol. The van der Waals surface area contributed by atoms with Gasteiger partial charge in [0.2, 0.25) is 5.91 Å².